The van der Waals surface area contributed by atoms with Gasteiger partial charge in [0.25, 0.3) is 6.43 Å². The first-order valence-electron chi connectivity index (χ1n) is 4.43. The van der Waals surface area contributed by atoms with Crippen LogP contribution in [0.25, 0.3) is 0 Å². The molecule has 0 saturated heterocycles. The van der Waals surface area contributed by atoms with Crippen molar-refractivity contribution in [1.82, 2.24) is 4.98 Å². The molecule has 7 heteroatoms. The Morgan fingerprint density at radius 1 is 1.71 bits per heavy atom. The summed E-state index contributed by atoms with van der Waals surface area (Å²) in [5, 5.41) is 8.40. The van der Waals surface area contributed by atoms with Crippen molar-refractivity contribution >= 4 is 17.6 Å². The lowest BCUT2D eigenvalue weighted by atomic mass is 10.0. The Hall–Kier alpha value is -1.74. The Morgan fingerprint density at radius 3 is 2.82 bits per heavy atom. The number of pyridine rings is 1. The minimum Gasteiger partial charge on any atom is -0.469 e. The molecule has 0 N–H and O–H groups in total. The van der Waals surface area contributed by atoms with Gasteiger partial charge in [-0.2, -0.15) is 5.26 Å². The zero-order valence-electron chi connectivity index (χ0n) is 8.71. The lowest BCUT2D eigenvalue weighted by Crippen LogP contribution is -2.09. The number of rotatable bonds is 3. The Morgan fingerprint density at radius 2 is 2.35 bits per heavy atom. The maximum Gasteiger partial charge on any atom is 0.310 e. The van der Waals surface area contributed by atoms with Crippen LogP contribution in [0.5, 0.6) is 0 Å². The molecule has 0 unspecified atom stereocenters. The molecule has 0 aliphatic rings. The molecule has 0 amide bonds. The average molecular weight is 261 g/mol. The maximum absolute atomic E-state index is 12.7. The van der Waals surface area contributed by atoms with E-state index in [0.717, 1.165) is 13.3 Å². The van der Waals surface area contributed by atoms with Gasteiger partial charge in [-0.25, -0.2) is 13.8 Å². The minimum atomic E-state index is -2.93. The quantitative estimate of drug-likeness (QED) is 0.618. The molecule has 0 aliphatic heterocycles. The van der Waals surface area contributed by atoms with E-state index in [-0.39, 0.29) is 17.5 Å². The molecule has 1 aromatic rings. The van der Waals surface area contributed by atoms with Gasteiger partial charge in [-0.3, -0.25) is 4.79 Å². The Balaban J connectivity index is 3.29. The van der Waals surface area contributed by atoms with Crippen molar-refractivity contribution in [3.8, 4) is 6.07 Å². The number of halogens is 3. The van der Waals surface area contributed by atoms with E-state index in [1.165, 1.54) is 0 Å². The maximum atomic E-state index is 12.7. The highest BCUT2D eigenvalue weighted by atomic mass is 35.5. The van der Waals surface area contributed by atoms with Crippen LogP contribution in [0.1, 0.15) is 23.1 Å². The molecule has 0 spiro atoms. The molecular formula is C10H7ClF2N2O2. The SMILES string of the molecule is COC(=O)Cc1cnc(Cl)c(C(F)F)c1C#N. The summed E-state index contributed by atoms with van der Waals surface area (Å²) in [6, 6.07) is 1.60. The van der Waals surface area contributed by atoms with Crippen LogP contribution in [0.4, 0.5) is 8.78 Å². The van der Waals surface area contributed by atoms with Gasteiger partial charge in [0.15, 0.2) is 0 Å². The molecule has 0 bridgehead atoms. The van der Waals surface area contributed by atoms with Crippen LogP contribution in [-0.4, -0.2) is 18.1 Å². The number of nitriles is 1. The molecule has 4 nitrogen and oxygen atoms in total. The fraction of sp³-hybridized carbons (Fsp3) is 0.300. The van der Waals surface area contributed by atoms with Gasteiger partial charge in [0.05, 0.1) is 24.7 Å². The fourth-order valence-corrected chi connectivity index (χ4v) is 1.46. The van der Waals surface area contributed by atoms with E-state index in [4.69, 9.17) is 16.9 Å². The topological polar surface area (TPSA) is 63.0 Å². The largest absolute Gasteiger partial charge is 0.469 e. The molecule has 0 fully saturated rings. The van der Waals surface area contributed by atoms with Crippen molar-refractivity contribution < 1.29 is 18.3 Å². The summed E-state index contributed by atoms with van der Waals surface area (Å²) in [6.45, 7) is 0. The summed E-state index contributed by atoms with van der Waals surface area (Å²) in [6.07, 6.45) is -2.12. The van der Waals surface area contributed by atoms with Gasteiger partial charge < -0.3 is 4.74 Å². The highest BCUT2D eigenvalue weighted by Gasteiger charge is 2.22. The number of nitrogens with zero attached hydrogens (tertiary/aromatic N) is 2. The number of aromatic nitrogens is 1. The molecule has 0 saturated carbocycles. The number of hydrogen-bond acceptors (Lipinski definition) is 4. The third-order valence-corrected chi connectivity index (χ3v) is 2.34. The number of esters is 1. The van der Waals surface area contributed by atoms with Gasteiger partial charge in [0, 0.05) is 6.20 Å². The number of ether oxygens (including phenoxy) is 1. The van der Waals surface area contributed by atoms with Gasteiger partial charge in [0.2, 0.25) is 0 Å². The number of carbonyl (C=O) groups is 1. The number of alkyl halides is 2. The molecule has 0 atom stereocenters. The van der Waals surface area contributed by atoms with Crippen LogP contribution in [0.15, 0.2) is 6.20 Å². The molecule has 0 radical (unpaired) electrons. The van der Waals surface area contributed by atoms with Gasteiger partial charge in [-0.1, -0.05) is 11.6 Å². The molecule has 0 aliphatic carbocycles. The fourth-order valence-electron chi connectivity index (χ4n) is 1.24. The summed E-state index contributed by atoms with van der Waals surface area (Å²) >= 11 is 5.49. The van der Waals surface area contributed by atoms with Gasteiger partial charge in [0.1, 0.15) is 11.2 Å². The summed E-state index contributed by atoms with van der Waals surface area (Å²) in [5.74, 6) is -0.647. The predicted octanol–water partition coefficient (Wildman–Crippen LogP) is 2.26. The molecule has 1 heterocycles. The van der Waals surface area contributed by atoms with Crippen LogP contribution >= 0.6 is 11.6 Å². The minimum absolute atomic E-state index is 0.0686. The first-order chi connectivity index (χ1) is 8.01. The van der Waals surface area contributed by atoms with Crippen LogP contribution < -0.4 is 0 Å². The van der Waals surface area contributed by atoms with Crippen LogP contribution in [-0.2, 0) is 16.0 Å². The second-order valence-electron chi connectivity index (χ2n) is 3.03. The summed E-state index contributed by atoms with van der Waals surface area (Å²) < 4.78 is 29.8. The van der Waals surface area contributed by atoms with Crippen LogP contribution in [0.2, 0.25) is 5.15 Å². The van der Waals surface area contributed by atoms with Gasteiger partial charge in [-0.15, -0.1) is 0 Å². The number of hydrogen-bond donors (Lipinski definition) is 0. The van der Waals surface area contributed by atoms with Crippen molar-refractivity contribution in [3.63, 3.8) is 0 Å². The van der Waals surface area contributed by atoms with Crippen molar-refractivity contribution in [3.05, 3.63) is 28.0 Å². The van der Waals surface area contributed by atoms with Crippen molar-refractivity contribution in [1.29, 1.82) is 5.26 Å². The van der Waals surface area contributed by atoms with Crippen molar-refractivity contribution in [2.75, 3.05) is 7.11 Å². The Kier molecular flexibility index (Phi) is 4.35. The zero-order chi connectivity index (χ0) is 13.0. The van der Waals surface area contributed by atoms with Crippen LogP contribution in [0.3, 0.4) is 0 Å². The van der Waals surface area contributed by atoms with Crippen LogP contribution in [0, 0.1) is 11.3 Å². The van der Waals surface area contributed by atoms with E-state index in [0.29, 0.717) is 0 Å². The monoisotopic (exact) mass is 260 g/mol. The van der Waals surface area contributed by atoms with Gasteiger partial charge in [-0.05, 0) is 5.56 Å². The first kappa shape index (κ1) is 13.3. The van der Waals surface area contributed by atoms with Gasteiger partial charge >= 0.3 is 5.97 Å². The lowest BCUT2D eigenvalue weighted by Gasteiger charge is -2.09. The molecule has 17 heavy (non-hydrogen) atoms. The second-order valence-corrected chi connectivity index (χ2v) is 3.39. The van der Waals surface area contributed by atoms with Crippen molar-refractivity contribution in [2.24, 2.45) is 0 Å². The Bertz CT molecular complexity index is 486. The third-order valence-electron chi connectivity index (χ3n) is 2.04. The van der Waals surface area contributed by atoms with E-state index in [2.05, 4.69) is 9.72 Å². The standard InChI is InChI=1S/C10H7ClF2N2O2/c1-17-7(16)2-5-4-15-9(11)8(10(12)13)6(5)3-14/h4,10H,2H2,1H3. The Labute approximate surface area is 101 Å². The second kappa shape index (κ2) is 5.55. The highest BCUT2D eigenvalue weighted by Crippen LogP contribution is 2.30. The predicted molar refractivity (Wildman–Crippen MR) is 54.6 cm³/mol. The highest BCUT2D eigenvalue weighted by molar-refractivity contribution is 6.30. The lowest BCUT2D eigenvalue weighted by molar-refractivity contribution is -0.139. The zero-order valence-corrected chi connectivity index (χ0v) is 9.46. The van der Waals surface area contributed by atoms with E-state index in [1.807, 2.05) is 0 Å². The van der Waals surface area contributed by atoms with Crippen molar-refractivity contribution in [2.45, 2.75) is 12.8 Å². The summed E-state index contributed by atoms with van der Waals surface area (Å²) in [5.41, 5.74) is -0.917. The van der Waals surface area contributed by atoms with E-state index >= 15 is 0 Å². The molecule has 1 rings (SSSR count). The number of carbonyl (C=O) groups excluding carboxylic acids is 1. The van der Waals surface area contributed by atoms with E-state index in [9.17, 15) is 13.6 Å². The molecule has 0 aromatic carbocycles. The van der Waals surface area contributed by atoms with E-state index < -0.39 is 23.1 Å². The molecular weight excluding hydrogens is 254 g/mol. The van der Waals surface area contributed by atoms with E-state index in [1.54, 1.807) is 6.07 Å². The number of methoxy groups -OCH3 is 1. The summed E-state index contributed by atoms with van der Waals surface area (Å²) in [7, 11) is 1.16. The molecule has 90 valence electrons. The third kappa shape index (κ3) is 2.88. The summed E-state index contributed by atoms with van der Waals surface area (Å²) in [4.78, 5) is 14.6. The smallest absolute Gasteiger partial charge is 0.310 e. The first-order valence-corrected chi connectivity index (χ1v) is 4.81. The molecule has 1 aromatic heterocycles. The normalized spacial score (nSPS) is 10.1. The average Bonchev–Trinajstić information content (AvgIpc) is 2.30.